The SMILES string of the molecule is CCCNC(=O)[C@@H]1[C@H]2C(=O)N([C@@H](CO)Cc3ccccc3)C(C(=O)Nc3c(C)cccc3C)C23CC[C@@]1(C)S3. The highest BCUT2D eigenvalue weighted by Gasteiger charge is 2.77. The third kappa shape index (κ3) is 4.55. The van der Waals surface area contributed by atoms with Gasteiger partial charge in [-0.25, -0.2) is 0 Å². The zero-order valence-corrected chi connectivity index (χ0v) is 24.0. The number of aliphatic hydroxyl groups is 1. The van der Waals surface area contributed by atoms with Gasteiger partial charge in [-0.15, -0.1) is 11.8 Å². The molecule has 3 heterocycles. The van der Waals surface area contributed by atoms with E-state index in [4.69, 9.17) is 0 Å². The zero-order valence-electron chi connectivity index (χ0n) is 23.2. The molecule has 2 aromatic carbocycles. The van der Waals surface area contributed by atoms with Crippen LogP contribution in [0.2, 0.25) is 0 Å². The molecule has 3 fully saturated rings. The van der Waals surface area contributed by atoms with E-state index in [0.717, 1.165) is 35.2 Å². The molecule has 6 atom stereocenters. The minimum absolute atomic E-state index is 0.105. The van der Waals surface area contributed by atoms with Gasteiger partial charge in [0.2, 0.25) is 17.7 Å². The van der Waals surface area contributed by atoms with Gasteiger partial charge in [0, 0.05) is 17.0 Å². The number of nitrogens with zero attached hydrogens (tertiary/aromatic N) is 1. The lowest BCUT2D eigenvalue weighted by Crippen LogP contribution is -2.55. The number of carbonyl (C=O) groups excluding carboxylic acids is 3. The van der Waals surface area contributed by atoms with Gasteiger partial charge in [-0.2, -0.15) is 0 Å². The van der Waals surface area contributed by atoms with E-state index in [-0.39, 0.29) is 24.3 Å². The van der Waals surface area contributed by atoms with Crippen molar-refractivity contribution >= 4 is 35.2 Å². The molecule has 2 aromatic rings. The molecule has 1 spiro atoms. The van der Waals surface area contributed by atoms with E-state index in [1.807, 2.05) is 69.3 Å². The van der Waals surface area contributed by atoms with Crippen LogP contribution in [0.4, 0.5) is 5.69 Å². The van der Waals surface area contributed by atoms with Crippen LogP contribution in [-0.2, 0) is 20.8 Å². The number of hydrogen-bond acceptors (Lipinski definition) is 5. The smallest absolute Gasteiger partial charge is 0.248 e. The van der Waals surface area contributed by atoms with Crippen molar-refractivity contribution in [1.29, 1.82) is 0 Å². The lowest BCUT2D eigenvalue weighted by atomic mass is 9.66. The Morgan fingerprint density at radius 3 is 2.41 bits per heavy atom. The molecule has 2 bridgehead atoms. The summed E-state index contributed by atoms with van der Waals surface area (Å²) in [6.45, 7) is 8.27. The second kappa shape index (κ2) is 10.6. The molecular weight excluding hydrogens is 510 g/mol. The van der Waals surface area contributed by atoms with Gasteiger partial charge >= 0.3 is 0 Å². The van der Waals surface area contributed by atoms with Gasteiger partial charge in [0.25, 0.3) is 0 Å². The maximum Gasteiger partial charge on any atom is 0.248 e. The van der Waals surface area contributed by atoms with E-state index >= 15 is 0 Å². The fraction of sp³-hybridized carbons (Fsp3) is 0.516. The molecule has 5 rings (SSSR count). The molecule has 39 heavy (non-hydrogen) atoms. The number of aryl methyl sites for hydroxylation is 2. The first-order chi connectivity index (χ1) is 18.7. The fourth-order valence-corrected chi connectivity index (χ4v) is 9.50. The standard InChI is InChI=1S/C31H39N3O4S/c1-5-16-32-27(36)23-24-29(38)34(22(18-35)17-21-12-7-6-8-13-21)26(31(24)15-14-30(23,4)39-31)28(37)33-25-19(2)10-9-11-20(25)3/h6-13,22-24,26,35H,5,14-18H2,1-4H3,(H,32,36)(H,33,37)/t22-,23+,24+,26?,30-,31?/m1/s1. The second-order valence-electron chi connectivity index (χ2n) is 11.5. The first kappa shape index (κ1) is 27.7. The number of likely N-dealkylation sites (tertiary alicyclic amines) is 1. The van der Waals surface area contributed by atoms with Crippen molar-refractivity contribution in [2.24, 2.45) is 11.8 Å². The monoisotopic (exact) mass is 549 g/mol. The van der Waals surface area contributed by atoms with Crippen LogP contribution in [0.1, 0.15) is 49.8 Å². The molecule has 3 aliphatic rings. The Kier molecular flexibility index (Phi) is 7.55. The maximum absolute atomic E-state index is 14.4. The Hall–Kier alpha value is -2.84. The Bertz CT molecular complexity index is 1250. The maximum atomic E-state index is 14.4. The van der Waals surface area contributed by atoms with Crippen LogP contribution >= 0.6 is 11.8 Å². The molecular formula is C31H39N3O4S. The molecule has 3 amide bonds. The number of carbonyl (C=O) groups is 3. The number of thioether (sulfide) groups is 1. The van der Waals surface area contributed by atoms with Crippen LogP contribution in [0.5, 0.6) is 0 Å². The molecule has 3 saturated heterocycles. The topological polar surface area (TPSA) is 98.7 Å². The predicted octanol–water partition coefficient (Wildman–Crippen LogP) is 3.85. The zero-order chi connectivity index (χ0) is 27.9. The Labute approximate surface area is 235 Å². The van der Waals surface area contributed by atoms with Crippen molar-refractivity contribution in [3.05, 3.63) is 65.2 Å². The summed E-state index contributed by atoms with van der Waals surface area (Å²) in [5.74, 6) is -1.69. The summed E-state index contributed by atoms with van der Waals surface area (Å²) >= 11 is 1.65. The number of para-hydroxylation sites is 1. The molecule has 208 valence electrons. The fourth-order valence-electron chi connectivity index (χ4n) is 7.16. The molecule has 2 unspecified atom stereocenters. The number of amides is 3. The van der Waals surface area contributed by atoms with Gasteiger partial charge in [-0.1, -0.05) is 55.5 Å². The number of anilines is 1. The number of benzene rings is 2. The summed E-state index contributed by atoms with van der Waals surface area (Å²) in [5, 5.41) is 16.8. The van der Waals surface area contributed by atoms with E-state index in [1.165, 1.54) is 0 Å². The second-order valence-corrected chi connectivity index (χ2v) is 13.4. The lowest BCUT2D eigenvalue weighted by Gasteiger charge is -2.37. The average molecular weight is 550 g/mol. The van der Waals surface area contributed by atoms with Crippen molar-refractivity contribution < 1.29 is 19.5 Å². The molecule has 0 saturated carbocycles. The van der Waals surface area contributed by atoms with E-state index in [0.29, 0.717) is 19.4 Å². The highest BCUT2D eigenvalue weighted by Crippen LogP contribution is 2.71. The Morgan fingerprint density at radius 1 is 1.08 bits per heavy atom. The average Bonchev–Trinajstić information content (AvgIpc) is 3.49. The van der Waals surface area contributed by atoms with Gasteiger partial charge in [0.1, 0.15) is 6.04 Å². The molecule has 7 nitrogen and oxygen atoms in total. The van der Waals surface area contributed by atoms with Crippen LogP contribution in [0.3, 0.4) is 0 Å². The predicted molar refractivity (Wildman–Crippen MR) is 154 cm³/mol. The van der Waals surface area contributed by atoms with Gasteiger partial charge in [-0.3, -0.25) is 14.4 Å². The number of hydrogen-bond donors (Lipinski definition) is 3. The summed E-state index contributed by atoms with van der Waals surface area (Å²) in [5.41, 5.74) is 3.63. The number of aliphatic hydroxyl groups excluding tert-OH is 1. The molecule has 8 heteroatoms. The molecule has 3 aliphatic heterocycles. The van der Waals surface area contributed by atoms with Crippen molar-refractivity contribution in [2.75, 3.05) is 18.5 Å². The van der Waals surface area contributed by atoms with Gasteiger partial charge in [0.15, 0.2) is 0 Å². The van der Waals surface area contributed by atoms with Gasteiger partial charge in [-0.05, 0) is 63.1 Å². The molecule has 0 aromatic heterocycles. The normalized spacial score (nSPS) is 29.8. The minimum atomic E-state index is -0.800. The van der Waals surface area contributed by atoms with Crippen molar-refractivity contribution in [3.63, 3.8) is 0 Å². The van der Waals surface area contributed by atoms with Crippen LogP contribution in [0.15, 0.2) is 48.5 Å². The van der Waals surface area contributed by atoms with Crippen molar-refractivity contribution in [3.8, 4) is 0 Å². The minimum Gasteiger partial charge on any atom is -0.394 e. The third-order valence-electron chi connectivity index (χ3n) is 8.94. The number of rotatable bonds is 9. The van der Waals surface area contributed by atoms with E-state index in [1.54, 1.807) is 16.7 Å². The highest BCUT2D eigenvalue weighted by atomic mass is 32.2. The molecule has 3 N–H and O–H groups in total. The van der Waals surface area contributed by atoms with Gasteiger partial charge < -0.3 is 20.6 Å². The van der Waals surface area contributed by atoms with E-state index < -0.39 is 33.4 Å². The molecule has 0 aliphatic carbocycles. The number of fused-ring (bicyclic) bond motifs is 1. The third-order valence-corrected chi connectivity index (χ3v) is 10.9. The Balaban J connectivity index is 1.58. The van der Waals surface area contributed by atoms with Crippen LogP contribution in [0.25, 0.3) is 0 Å². The van der Waals surface area contributed by atoms with E-state index in [9.17, 15) is 19.5 Å². The van der Waals surface area contributed by atoms with Crippen LogP contribution in [-0.4, -0.2) is 62.5 Å². The highest BCUT2D eigenvalue weighted by molar-refractivity contribution is 8.02. The van der Waals surface area contributed by atoms with E-state index in [2.05, 4.69) is 17.6 Å². The van der Waals surface area contributed by atoms with Crippen molar-refractivity contribution in [1.82, 2.24) is 10.2 Å². The first-order valence-electron chi connectivity index (χ1n) is 14.0. The summed E-state index contributed by atoms with van der Waals surface area (Å²) in [4.78, 5) is 43.9. The molecule has 0 radical (unpaired) electrons. The quantitative estimate of drug-likeness (QED) is 0.441. The summed E-state index contributed by atoms with van der Waals surface area (Å²) in [7, 11) is 0. The number of nitrogens with one attached hydrogen (secondary N) is 2. The van der Waals surface area contributed by atoms with Crippen molar-refractivity contribution in [2.45, 2.75) is 75.0 Å². The summed E-state index contributed by atoms with van der Waals surface area (Å²) in [6.07, 6.45) is 2.67. The summed E-state index contributed by atoms with van der Waals surface area (Å²) in [6, 6.07) is 14.2. The Morgan fingerprint density at radius 2 is 1.77 bits per heavy atom. The lowest BCUT2D eigenvalue weighted by molar-refractivity contribution is -0.142. The largest absolute Gasteiger partial charge is 0.394 e. The summed E-state index contributed by atoms with van der Waals surface area (Å²) < 4.78 is -1.15. The van der Waals surface area contributed by atoms with Crippen LogP contribution < -0.4 is 10.6 Å². The van der Waals surface area contributed by atoms with Crippen LogP contribution in [0, 0.1) is 25.7 Å². The van der Waals surface area contributed by atoms with Gasteiger partial charge in [0.05, 0.1) is 29.2 Å². The first-order valence-corrected chi connectivity index (χ1v) is 14.8.